The maximum absolute atomic E-state index is 14.9. The van der Waals surface area contributed by atoms with E-state index in [0.29, 0.717) is 19.3 Å². The predicted octanol–water partition coefficient (Wildman–Crippen LogP) is 3.71. The second kappa shape index (κ2) is 11.5. The normalized spacial score (nSPS) is 31.2. The summed E-state index contributed by atoms with van der Waals surface area (Å²) in [4.78, 5) is 77.7. The van der Waals surface area contributed by atoms with Crippen molar-refractivity contribution in [3.05, 3.63) is 34.9 Å². The summed E-state index contributed by atoms with van der Waals surface area (Å²) in [5.74, 6) is -8.69. The van der Waals surface area contributed by atoms with Crippen LogP contribution in [0.5, 0.6) is 0 Å². The van der Waals surface area contributed by atoms with Crippen LogP contribution in [0.15, 0.2) is 34.9 Å². The van der Waals surface area contributed by atoms with E-state index in [0.717, 1.165) is 23.6 Å². The minimum absolute atomic E-state index is 0.0541. The van der Waals surface area contributed by atoms with Crippen molar-refractivity contribution >= 4 is 35.4 Å². The Kier molecular flexibility index (Phi) is 8.63. The number of aliphatic hydroxyl groups excluding tert-OH is 1. The Hall–Kier alpha value is -3.60. The Bertz CT molecular complexity index is 1310. The van der Waals surface area contributed by atoms with Crippen molar-refractivity contribution in [2.75, 3.05) is 0 Å². The summed E-state index contributed by atoms with van der Waals surface area (Å²) >= 11 is 0. The molecule has 234 valence electrons. The Morgan fingerprint density at radius 2 is 1.51 bits per heavy atom. The molecule has 1 N–H and O–H groups in total. The first-order valence-electron chi connectivity index (χ1n) is 14.9. The number of aliphatic hydroxyl groups is 1. The van der Waals surface area contributed by atoms with Gasteiger partial charge in [0.05, 0.1) is 6.10 Å². The quantitative estimate of drug-likeness (QED) is 0.233. The Labute approximate surface area is 250 Å². The molecule has 1 saturated carbocycles. The highest BCUT2D eigenvalue weighted by Crippen LogP contribution is 2.66. The van der Waals surface area contributed by atoms with Crippen molar-refractivity contribution in [1.82, 2.24) is 0 Å². The van der Waals surface area contributed by atoms with E-state index < -0.39 is 58.2 Å². The number of Topliss-reactive ketones (excluding diaryl/α,β-unsaturated/α-hetero) is 1. The summed E-state index contributed by atoms with van der Waals surface area (Å²) in [7, 11) is 0. The van der Waals surface area contributed by atoms with Gasteiger partial charge in [-0.1, -0.05) is 44.9 Å². The molecule has 0 spiro atoms. The summed E-state index contributed by atoms with van der Waals surface area (Å²) in [6.07, 6.45) is 4.30. The molecule has 0 aliphatic heterocycles. The third-order valence-electron chi connectivity index (χ3n) is 9.56. The molecule has 1 fully saturated rings. The van der Waals surface area contributed by atoms with E-state index in [4.69, 9.17) is 18.9 Å². The molecule has 0 aromatic heterocycles. The van der Waals surface area contributed by atoms with Crippen molar-refractivity contribution in [3.63, 3.8) is 0 Å². The average molecular weight is 601 g/mol. The van der Waals surface area contributed by atoms with Crippen molar-refractivity contribution in [3.8, 4) is 0 Å². The monoisotopic (exact) mass is 600 g/mol. The third kappa shape index (κ3) is 5.15. The van der Waals surface area contributed by atoms with Gasteiger partial charge in [0.1, 0.15) is 0 Å². The van der Waals surface area contributed by atoms with Crippen LogP contribution in [0.2, 0.25) is 0 Å². The smallest absolute Gasteiger partial charge is 0.450 e. The van der Waals surface area contributed by atoms with Gasteiger partial charge in [-0.3, -0.25) is 28.8 Å². The molecule has 4 rings (SSSR count). The van der Waals surface area contributed by atoms with Gasteiger partial charge in [0.25, 0.3) is 0 Å². The molecule has 4 aliphatic carbocycles. The number of esters is 4. The SMILES string of the molecule is CCC(=O)OC(OC(=O)CC)(OC(=O)CC)C(=O)[C@@]1(OC(C)=O)CC[C@H]2C3=C(C(O)C[C@@]21C)[C@@]1(C)C=CC(=O)C=C1CC3. The van der Waals surface area contributed by atoms with Crippen LogP contribution >= 0.6 is 0 Å². The van der Waals surface area contributed by atoms with E-state index in [-0.39, 0.29) is 43.8 Å². The molecule has 0 bridgehead atoms. The van der Waals surface area contributed by atoms with E-state index >= 15 is 0 Å². The number of carbonyl (C=O) groups is 6. The lowest BCUT2D eigenvalue weighted by Crippen LogP contribution is -2.66. The van der Waals surface area contributed by atoms with Crippen molar-refractivity contribution in [2.45, 2.75) is 111 Å². The number of ketones is 2. The number of allylic oxidation sites excluding steroid dienone is 5. The highest BCUT2D eigenvalue weighted by molar-refractivity contribution is 6.02. The number of hydrogen-bond acceptors (Lipinski definition) is 11. The van der Waals surface area contributed by atoms with Gasteiger partial charge in [-0.15, -0.1) is 0 Å². The summed E-state index contributed by atoms with van der Waals surface area (Å²) < 4.78 is 22.0. The number of carbonyl (C=O) groups excluding carboxylic acids is 6. The van der Waals surface area contributed by atoms with Gasteiger partial charge in [0.15, 0.2) is 11.4 Å². The minimum Gasteiger partial charge on any atom is -0.450 e. The summed E-state index contributed by atoms with van der Waals surface area (Å²) in [5.41, 5.74) is -1.57. The summed E-state index contributed by atoms with van der Waals surface area (Å²) in [5, 5.41) is 11.8. The Morgan fingerprint density at radius 1 is 0.953 bits per heavy atom. The van der Waals surface area contributed by atoms with Gasteiger partial charge in [0.2, 0.25) is 0 Å². The number of rotatable bonds is 9. The molecular weight excluding hydrogens is 560 g/mol. The zero-order valence-corrected chi connectivity index (χ0v) is 25.6. The lowest BCUT2D eigenvalue weighted by molar-refractivity contribution is -0.319. The number of hydrogen-bond donors (Lipinski definition) is 1. The molecular formula is C32H40O11. The van der Waals surface area contributed by atoms with Gasteiger partial charge in [-0.25, -0.2) is 0 Å². The molecule has 43 heavy (non-hydrogen) atoms. The molecule has 11 heteroatoms. The summed E-state index contributed by atoms with van der Waals surface area (Å²) in [6.45, 7) is 9.11. The lowest BCUT2D eigenvalue weighted by atomic mass is 9.52. The van der Waals surface area contributed by atoms with Crippen LogP contribution in [0.4, 0.5) is 0 Å². The average Bonchev–Trinajstić information content (AvgIpc) is 3.23. The highest BCUT2D eigenvalue weighted by atomic mass is 16.9. The second-order valence-electron chi connectivity index (χ2n) is 12.1. The van der Waals surface area contributed by atoms with E-state index in [2.05, 4.69) is 0 Å². The third-order valence-corrected chi connectivity index (χ3v) is 9.56. The molecule has 0 radical (unpaired) electrons. The molecule has 0 aromatic rings. The first-order valence-corrected chi connectivity index (χ1v) is 14.9. The molecule has 0 aromatic carbocycles. The van der Waals surface area contributed by atoms with E-state index in [1.54, 1.807) is 19.1 Å². The summed E-state index contributed by atoms with van der Waals surface area (Å²) in [6, 6.07) is 0. The fraction of sp³-hybridized carbons (Fsp3) is 0.625. The van der Waals surface area contributed by atoms with Crippen LogP contribution in [-0.2, 0) is 47.7 Å². The van der Waals surface area contributed by atoms with Crippen LogP contribution in [0.3, 0.4) is 0 Å². The van der Waals surface area contributed by atoms with Crippen molar-refractivity contribution in [2.24, 2.45) is 16.7 Å². The number of ether oxygens (including phenoxy) is 4. The molecule has 1 unspecified atom stereocenters. The van der Waals surface area contributed by atoms with Gasteiger partial charge >= 0.3 is 35.6 Å². The first kappa shape index (κ1) is 32.3. The highest BCUT2D eigenvalue weighted by Gasteiger charge is 2.74. The molecule has 0 amide bonds. The molecule has 0 heterocycles. The van der Waals surface area contributed by atoms with Crippen LogP contribution in [0, 0.1) is 16.7 Å². The largest absolute Gasteiger partial charge is 0.493 e. The van der Waals surface area contributed by atoms with E-state index in [1.807, 2.05) is 6.92 Å². The second-order valence-corrected chi connectivity index (χ2v) is 12.1. The van der Waals surface area contributed by atoms with Crippen LogP contribution < -0.4 is 0 Å². The van der Waals surface area contributed by atoms with Gasteiger partial charge < -0.3 is 24.1 Å². The maximum Gasteiger partial charge on any atom is 0.493 e. The zero-order valence-electron chi connectivity index (χ0n) is 25.6. The maximum atomic E-state index is 14.9. The Balaban J connectivity index is 1.92. The standard InChI is InChI=1S/C32H40O11/c1-7-24(36)41-32(42-25(37)8-2,43-26(38)9-3)28(39)31(40-18(4)33)15-13-22-21-11-10-19-16-20(34)12-14-29(19,5)27(21)23(35)17-30(22,31)6/h12,14,16,22-23,35H,7-11,13,15,17H2,1-6H3/t22-,23?,29-,30-,31-/m0/s1. The fourth-order valence-electron chi connectivity index (χ4n) is 7.53. The van der Waals surface area contributed by atoms with Gasteiger partial charge in [-0.05, 0) is 62.7 Å². The van der Waals surface area contributed by atoms with Gasteiger partial charge in [0, 0.05) is 37.0 Å². The topological polar surface area (TPSA) is 160 Å². The van der Waals surface area contributed by atoms with Crippen molar-refractivity contribution in [1.29, 1.82) is 0 Å². The molecule has 0 saturated heterocycles. The zero-order chi connectivity index (χ0) is 32.0. The van der Waals surface area contributed by atoms with Crippen LogP contribution in [0.25, 0.3) is 0 Å². The van der Waals surface area contributed by atoms with E-state index in [9.17, 15) is 33.9 Å². The predicted molar refractivity (Wildman–Crippen MR) is 149 cm³/mol. The number of fused-ring (bicyclic) bond motifs is 4. The fourth-order valence-corrected chi connectivity index (χ4v) is 7.53. The van der Waals surface area contributed by atoms with Gasteiger partial charge in [-0.2, -0.15) is 0 Å². The lowest BCUT2D eigenvalue weighted by Gasteiger charge is -2.54. The first-order chi connectivity index (χ1) is 20.1. The molecule has 5 atom stereocenters. The molecule has 11 nitrogen and oxygen atoms in total. The van der Waals surface area contributed by atoms with Crippen LogP contribution in [0.1, 0.15) is 92.9 Å². The molecule has 4 aliphatic rings. The van der Waals surface area contributed by atoms with Crippen molar-refractivity contribution < 1.29 is 52.8 Å². The van der Waals surface area contributed by atoms with E-state index in [1.165, 1.54) is 26.8 Å². The Morgan fingerprint density at radius 3 is 2.02 bits per heavy atom. The minimum atomic E-state index is -3.15. The van der Waals surface area contributed by atoms with Crippen LogP contribution in [-0.4, -0.2) is 58.2 Å².